The molecule has 0 amide bonds. The minimum Gasteiger partial charge on any atom is -0.361 e. The van der Waals surface area contributed by atoms with Gasteiger partial charge in [-0.15, -0.1) is 5.10 Å². The number of nitrogens with one attached hydrogen (secondary N) is 1. The highest BCUT2D eigenvalue weighted by atomic mass is 15.3. The van der Waals surface area contributed by atoms with Crippen molar-refractivity contribution in [3.63, 3.8) is 0 Å². The van der Waals surface area contributed by atoms with E-state index < -0.39 is 0 Å². The molecule has 15 heavy (non-hydrogen) atoms. The highest BCUT2D eigenvalue weighted by Gasteiger charge is 2.00. The first-order valence-electron chi connectivity index (χ1n) is 5.43. The second-order valence-electron chi connectivity index (χ2n) is 4.07. The van der Waals surface area contributed by atoms with E-state index in [-0.39, 0.29) is 0 Å². The summed E-state index contributed by atoms with van der Waals surface area (Å²) >= 11 is 0. The third kappa shape index (κ3) is 6.23. The molecule has 1 N–H and O–H groups in total. The zero-order valence-corrected chi connectivity index (χ0v) is 10.8. The summed E-state index contributed by atoms with van der Waals surface area (Å²) in [6, 6.07) is 0. The Hall–Kier alpha value is -0.900. The van der Waals surface area contributed by atoms with Crippen LogP contribution in [0.15, 0.2) is 10.2 Å². The topological polar surface area (TPSA) is 40.0 Å². The fraction of sp³-hybridized carbons (Fsp3) is 0.818. The number of nitrogens with zero attached hydrogens (tertiary/aromatic N) is 3. The van der Waals surface area contributed by atoms with E-state index in [2.05, 4.69) is 34.3 Å². The van der Waals surface area contributed by atoms with Crippen LogP contribution in [0.1, 0.15) is 27.7 Å². The van der Waals surface area contributed by atoms with Crippen LogP contribution in [0.3, 0.4) is 0 Å². The van der Waals surface area contributed by atoms with Gasteiger partial charge < -0.3 is 10.2 Å². The predicted molar refractivity (Wildman–Crippen MR) is 67.6 cm³/mol. The predicted octanol–water partition coefficient (Wildman–Crippen LogP) is 1.59. The summed E-state index contributed by atoms with van der Waals surface area (Å²) in [7, 11) is 3.97. The van der Waals surface area contributed by atoms with Crippen molar-refractivity contribution < 1.29 is 0 Å². The van der Waals surface area contributed by atoms with Crippen LogP contribution in [0, 0.1) is 5.92 Å². The molecule has 0 aliphatic carbocycles. The Balaban J connectivity index is 4.24. The standard InChI is InChI=1S/C11H24N4/c1-9(2)10(3)13-14-11(4)15(6)8-7-12-5/h9,12H,7-8H2,1-6H3/b13-10+,14-11+. The Kier molecular flexibility index (Phi) is 6.96. The highest BCUT2D eigenvalue weighted by Crippen LogP contribution is 1.97. The van der Waals surface area contributed by atoms with Crippen LogP contribution >= 0.6 is 0 Å². The quantitative estimate of drug-likeness (QED) is 0.427. The van der Waals surface area contributed by atoms with E-state index in [1.165, 1.54) is 0 Å². The van der Waals surface area contributed by atoms with Crippen LogP contribution < -0.4 is 5.32 Å². The van der Waals surface area contributed by atoms with Gasteiger partial charge in [-0.25, -0.2) is 0 Å². The van der Waals surface area contributed by atoms with Crippen LogP contribution in [0.5, 0.6) is 0 Å². The van der Waals surface area contributed by atoms with Crippen molar-refractivity contribution in [1.29, 1.82) is 0 Å². The first-order chi connectivity index (χ1) is 6.99. The minimum atomic E-state index is 0.462. The Morgan fingerprint density at radius 1 is 1.27 bits per heavy atom. The Morgan fingerprint density at radius 3 is 2.33 bits per heavy atom. The van der Waals surface area contributed by atoms with Crippen molar-refractivity contribution in [3.8, 4) is 0 Å². The molecule has 0 aliphatic rings. The molecule has 4 nitrogen and oxygen atoms in total. The SMILES string of the molecule is CNCCN(C)/C(C)=N/N=C(\C)C(C)C. The second-order valence-corrected chi connectivity index (χ2v) is 4.07. The minimum absolute atomic E-state index is 0.462. The van der Waals surface area contributed by atoms with Crippen molar-refractivity contribution in [2.24, 2.45) is 16.1 Å². The zero-order valence-electron chi connectivity index (χ0n) is 10.8. The molecule has 0 rings (SSSR count). The van der Waals surface area contributed by atoms with Crippen molar-refractivity contribution in [3.05, 3.63) is 0 Å². The molecule has 0 radical (unpaired) electrons. The second kappa shape index (κ2) is 7.40. The van der Waals surface area contributed by atoms with E-state index in [0.717, 1.165) is 24.6 Å². The molecule has 0 unspecified atom stereocenters. The maximum atomic E-state index is 4.20. The van der Waals surface area contributed by atoms with Crippen LogP contribution in [0.25, 0.3) is 0 Å². The normalized spacial score (nSPS) is 13.5. The molecule has 0 saturated carbocycles. The number of likely N-dealkylation sites (N-methyl/N-ethyl adjacent to an activating group) is 2. The molecule has 0 aliphatic heterocycles. The average molecular weight is 212 g/mol. The van der Waals surface area contributed by atoms with Crippen LogP contribution in [0.4, 0.5) is 0 Å². The maximum Gasteiger partial charge on any atom is 0.124 e. The third-order valence-electron chi connectivity index (χ3n) is 2.44. The lowest BCUT2D eigenvalue weighted by Gasteiger charge is -2.17. The van der Waals surface area contributed by atoms with Gasteiger partial charge >= 0.3 is 0 Å². The highest BCUT2D eigenvalue weighted by molar-refractivity contribution is 5.85. The summed E-state index contributed by atoms with van der Waals surface area (Å²) in [4.78, 5) is 2.09. The lowest BCUT2D eigenvalue weighted by Crippen LogP contribution is -2.31. The van der Waals surface area contributed by atoms with Crippen molar-refractivity contribution in [1.82, 2.24) is 10.2 Å². The van der Waals surface area contributed by atoms with E-state index in [9.17, 15) is 0 Å². The molecular weight excluding hydrogens is 188 g/mol. The molecule has 0 fully saturated rings. The third-order valence-corrected chi connectivity index (χ3v) is 2.44. The van der Waals surface area contributed by atoms with E-state index in [1.54, 1.807) is 0 Å². The van der Waals surface area contributed by atoms with Crippen molar-refractivity contribution in [2.75, 3.05) is 27.2 Å². The summed E-state index contributed by atoms with van der Waals surface area (Å²) in [5.41, 5.74) is 1.07. The number of hydrogen-bond acceptors (Lipinski definition) is 3. The van der Waals surface area contributed by atoms with Crippen LogP contribution in [-0.2, 0) is 0 Å². The van der Waals surface area contributed by atoms with Gasteiger partial charge in [-0.3, -0.25) is 0 Å². The van der Waals surface area contributed by atoms with E-state index in [4.69, 9.17) is 0 Å². The molecule has 0 bridgehead atoms. The first-order valence-corrected chi connectivity index (χ1v) is 5.43. The molecule has 0 aromatic rings. The molecule has 0 spiro atoms. The molecule has 0 aromatic carbocycles. The van der Waals surface area contributed by atoms with E-state index in [1.807, 2.05) is 27.9 Å². The Bertz CT molecular complexity index is 231. The van der Waals surface area contributed by atoms with Gasteiger partial charge in [0, 0.05) is 25.8 Å². The fourth-order valence-electron chi connectivity index (χ4n) is 0.784. The summed E-state index contributed by atoms with van der Waals surface area (Å²) in [6.07, 6.45) is 0. The lowest BCUT2D eigenvalue weighted by molar-refractivity contribution is 0.491. The summed E-state index contributed by atoms with van der Waals surface area (Å²) in [5.74, 6) is 1.41. The largest absolute Gasteiger partial charge is 0.361 e. The smallest absolute Gasteiger partial charge is 0.124 e. The molecule has 0 saturated heterocycles. The Morgan fingerprint density at radius 2 is 1.87 bits per heavy atom. The van der Waals surface area contributed by atoms with Gasteiger partial charge in [-0.2, -0.15) is 5.10 Å². The van der Waals surface area contributed by atoms with E-state index in [0.29, 0.717) is 5.92 Å². The van der Waals surface area contributed by atoms with Gasteiger partial charge in [0.05, 0.1) is 0 Å². The van der Waals surface area contributed by atoms with E-state index >= 15 is 0 Å². The Labute approximate surface area is 93.5 Å². The van der Waals surface area contributed by atoms with Gasteiger partial charge in [0.25, 0.3) is 0 Å². The number of rotatable bonds is 5. The lowest BCUT2D eigenvalue weighted by atomic mass is 10.1. The van der Waals surface area contributed by atoms with Gasteiger partial charge in [-0.05, 0) is 26.8 Å². The van der Waals surface area contributed by atoms with Crippen molar-refractivity contribution >= 4 is 11.5 Å². The average Bonchev–Trinajstić information content (AvgIpc) is 2.21. The fourth-order valence-corrected chi connectivity index (χ4v) is 0.784. The zero-order chi connectivity index (χ0) is 11.8. The monoisotopic (exact) mass is 212 g/mol. The maximum absolute atomic E-state index is 4.20. The van der Waals surface area contributed by atoms with Crippen LogP contribution in [0.2, 0.25) is 0 Å². The van der Waals surface area contributed by atoms with Gasteiger partial charge in [0.15, 0.2) is 0 Å². The molecule has 88 valence electrons. The summed E-state index contributed by atoms with van der Waals surface area (Å²) in [5, 5.41) is 11.5. The first kappa shape index (κ1) is 14.1. The van der Waals surface area contributed by atoms with Crippen molar-refractivity contribution in [2.45, 2.75) is 27.7 Å². The molecule has 0 atom stereocenters. The van der Waals surface area contributed by atoms with Gasteiger partial charge in [0.1, 0.15) is 5.84 Å². The number of hydrogen-bond donors (Lipinski definition) is 1. The van der Waals surface area contributed by atoms with Crippen LogP contribution in [-0.4, -0.2) is 43.6 Å². The molecular formula is C11H24N4. The number of amidine groups is 1. The molecule has 0 aromatic heterocycles. The molecule has 4 heteroatoms. The summed E-state index contributed by atoms with van der Waals surface area (Å²) < 4.78 is 0. The summed E-state index contributed by atoms with van der Waals surface area (Å²) in [6.45, 7) is 10.1. The van der Waals surface area contributed by atoms with Gasteiger partial charge in [0.2, 0.25) is 0 Å². The molecule has 0 heterocycles. The van der Waals surface area contributed by atoms with Gasteiger partial charge in [-0.1, -0.05) is 13.8 Å².